The van der Waals surface area contributed by atoms with Gasteiger partial charge in [-0.25, -0.2) is 8.42 Å². The summed E-state index contributed by atoms with van der Waals surface area (Å²) in [4.78, 5) is 0.327. The van der Waals surface area contributed by atoms with Crippen molar-refractivity contribution in [1.29, 1.82) is 0 Å². The second kappa shape index (κ2) is 5.72. The highest BCUT2D eigenvalue weighted by Gasteiger charge is 2.16. The van der Waals surface area contributed by atoms with Gasteiger partial charge in [0.2, 0.25) is 0 Å². The minimum absolute atomic E-state index is 0.0708. The lowest BCUT2D eigenvalue weighted by atomic mass is 10.1. The molecule has 0 heterocycles. The molecule has 0 radical (unpaired) electrons. The SMILES string of the molecule is C=C(CS(=O)(=O)c1ccccc1)c1ccc(Br)cc1. The van der Waals surface area contributed by atoms with E-state index in [4.69, 9.17) is 0 Å². The average Bonchev–Trinajstić information content (AvgIpc) is 2.40. The van der Waals surface area contributed by atoms with Crippen molar-refractivity contribution in [3.63, 3.8) is 0 Å². The molecule has 0 spiro atoms. The number of sulfone groups is 1. The van der Waals surface area contributed by atoms with E-state index in [0.29, 0.717) is 10.5 Å². The molecule has 0 N–H and O–H groups in total. The summed E-state index contributed by atoms with van der Waals surface area (Å²) in [5.74, 6) is -0.0708. The number of hydrogen-bond acceptors (Lipinski definition) is 2. The van der Waals surface area contributed by atoms with E-state index in [2.05, 4.69) is 22.5 Å². The summed E-state index contributed by atoms with van der Waals surface area (Å²) in [6.07, 6.45) is 0. The number of halogens is 1. The predicted octanol–water partition coefficient (Wildman–Crippen LogP) is 3.94. The molecule has 0 aromatic heterocycles. The van der Waals surface area contributed by atoms with Crippen molar-refractivity contribution in [2.75, 3.05) is 5.75 Å². The Kier molecular flexibility index (Phi) is 4.22. The van der Waals surface area contributed by atoms with Crippen molar-refractivity contribution in [2.24, 2.45) is 0 Å². The maximum absolute atomic E-state index is 12.2. The maximum Gasteiger partial charge on any atom is 0.182 e. The third kappa shape index (κ3) is 3.55. The van der Waals surface area contributed by atoms with E-state index in [-0.39, 0.29) is 5.75 Å². The largest absolute Gasteiger partial charge is 0.223 e. The molecule has 0 aliphatic heterocycles. The maximum atomic E-state index is 12.2. The van der Waals surface area contributed by atoms with Crippen molar-refractivity contribution in [3.05, 3.63) is 71.2 Å². The summed E-state index contributed by atoms with van der Waals surface area (Å²) in [6.45, 7) is 3.87. The van der Waals surface area contributed by atoms with E-state index >= 15 is 0 Å². The van der Waals surface area contributed by atoms with Crippen LogP contribution in [-0.4, -0.2) is 14.2 Å². The van der Waals surface area contributed by atoms with Crippen molar-refractivity contribution in [1.82, 2.24) is 0 Å². The first-order valence-corrected chi connectivity index (χ1v) is 8.15. The van der Waals surface area contributed by atoms with E-state index in [1.54, 1.807) is 30.3 Å². The third-order valence-electron chi connectivity index (χ3n) is 2.72. The second-order valence-corrected chi connectivity index (χ2v) is 7.09. The standard InChI is InChI=1S/C15H13BrO2S/c1-12(13-7-9-14(16)10-8-13)11-19(17,18)15-5-3-2-4-6-15/h2-10H,1,11H2. The summed E-state index contributed by atoms with van der Waals surface area (Å²) in [5.41, 5.74) is 1.43. The topological polar surface area (TPSA) is 34.1 Å². The van der Waals surface area contributed by atoms with Gasteiger partial charge in [-0.2, -0.15) is 0 Å². The minimum Gasteiger partial charge on any atom is -0.223 e. The highest BCUT2D eigenvalue weighted by atomic mass is 79.9. The molecule has 19 heavy (non-hydrogen) atoms. The zero-order valence-corrected chi connectivity index (χ0v) is 12.6. The average molecular weight is 337 g/mol. The zero-order chi connectivity index (χ0) is 13.9. The Bertz CT molecular complexity index is 674. The molecule has 4 heteroatoms. The third-order valence-corrected chi connectivity index (χ3v) is 4.97. The summed E-state index contributed by atoms with van der Waals surface area (Å²) < 4.78 is 25.4. The van der Waals surface area contributed by atoms with Gasteiger partial charge in [0.1, 0.15) is 0 Å². The summed E-state index contributed by atoms with van der Waals surface area (Å²) in [7, 11) is -3.33. The van der Waals surface area contributed by atoms with Crippen LogP contribution in [0.4, 0.5) is 0 Å². The van der Waals surface area contributed by atoms with Crippen LogP contribution in [0.3, 0.4) is 0 Å². The van der Waals surface area contributed by atoms with Crippen LogP contribution < -0.4 is 0 Å². The molecule has 0 aliphatic carbocycles. The quantitative estimate of drug-likeness (QED) is 0.847. The van der Waals surface area contributed by atoms with Crippen molar-refractivity contribution < 1.29 is 8.42 Å². The molecule has 2 aromatic rings. The zero-order valence-electron chi connectivity index (χ0n) is 10.2. The molecule has 2 nitrogen and oxygen atoms in total. The Morgan fingerprint density at radius 1 is 1.00 bits per heavy atom. The molecule has 0 unspecified atom stereocenters. The Labute approximate surface area is 121 Å². The van der Waals surface area contributed by atoms with Crippen molar-refractivity contribution >= 4 is 31.3 Å². The normalized spacial score (nSPS) is 11.2. The van der Waals surface area contributed by atoms with Gasteiger partial charge in [0.05, 0.1) is 10.6 Å². The van der Waals surface area contributed by atoms with Gasteiger partial charge in [-0.1, -0.05) is 52.8 Å². The highest BCUT2D eigenvalue weighted by Crippen LogP contribution is 2.21. The lowest BCUT2D eigenvalue weighted by Crippen LogP contribution is -2.08. The van der Waals surface area contributed by atoms with Gasteiger partial charge in [-0.3, -0.25) is 0 Å². The molecule has 0 fully saturated rings. The van der Waals surface area contributed by atoms with E-state index in [1.807, 2.05) is 24.3 Å². The van der Waals surface area contributed by atoms with Gasteiger partial charge in [0.25, 0.3) is 0 Å². The Hall–Kier alpha value is -1.39. The van der Waals surface area contributed by atoms with E-state index in [1.165, 1.54) is 0 Å². The number of benzene rings is 2. The van der Waals surface area contributed by atoms with Gasteiger partial charge >= 0.3 is 0 Å². The van der Waals surface area contributed by atoms with Crippen LogP contribution in [0.1, 0.15) is 5.56 Å². The van der Waals surface area contributed by atoms with Gasteiger partial charge in [0, 0.05) is 4.47 Å². The van der Waals surface area contributed by atoms with Crippen LogP contribution in [0.5, 0.6) is 0 Å². The van der Waals surface area contributed by atoms with Crippen LogP contribution in [0.2, 0.25) is 0 Å². The molecule has 2 aromatic carbocycles. The lowest BCUT2D eigenvalue weighted by molar-refractivity contribution is 0.599. The van der Waals surface area contributed by atoms with E-state index in [0.717, 1.165) is 10.0 Å². The van der Waals surface area contributed by atoms with Crippen LogP contribution in [0.25, 0.3) is 5.57 Å². The molecular weight excluding hydrogens is 324 g/mol. The monoisotopic (exact) mass is 336 g/mol. The van der Waals surface area contributed by atoms with E-state index < -0.39 is 9.84 Å². The Balaban J connectivity index is 2.22. The molecule has 0 saturated heterocycles. The molecule has 98 valence electrons. The highest BCUT2D eigenvalue weighted by molar-refractivity contribution is 9.10. The smallest absolute Gasteiger partial charge is 0.182 e. The molecule has 0 bridgehead atoms. The fourth-order valence-electron chi connectivity index (χ4n) is 1.71. The van der Waals surface area contributed by atoms with Gasteiger partial charge < -0.3 is 0 Å². The summed E-state index contributed by atoms with van der Waals surface area (Å²) >= 11 is 3.34. The van der Waals surface area contributed by atoms with Gasteiger partial charge in [0.15, 0.2) is 9.84 Å². The Morgan fingerprint density at radius 3 is 2.16 bits per heavy atom. The summed E-state index contributed by atoms with van der Waals surface area (Å²) in [6, 6.07) is 15.9. The van der Waals surface area contributed by atoms with E-state index in [9.17, 15) is 8.42 Å². The van der Waals surface area contributed by atoms with Crippen molar-refractivity contribution in [2.45, 2.75) is 4.90 Å². The Morgan fingerprint density at radius 2 is 1.58 bits per heavy atom. The van der Waals surface area contributed by atoms with Crippen molar-refractivity contribution in [3.8, 4) is 0 Å². The first-order chi connectivity index (χ1) is 8.99. The fourth-order valence-corrected chi connectivity index (χ4v) is 3.34. The first-order valence-electron chi connectivity index (χ1n) is 5.70. The van der Waals surface area contributed by atoms with Gasteiger partial charge in [-0.15, -0.1) is 0 Å². The molecule has 0 aliphatic rings. The fraction of sp³-hybridized carbons (Fsp3) is 0.0667. The van der Waals surface area contributed by atoms with Crippen LogP contribution in [-0.2, 0) is 9.84 Å². The van der Waals surface area contributed by atoms with Crippen LogP contribution >= 0.6 is 15.9 Å². The molecule has 0 atom stereocenters. The molecule has 2 rings (SSSR count). The summed E-state index contributed by atoms with van der Waals surface area (Å²) in [5, 5.41) is 0. The molecule has 0 saturated carbocycles. The molecule has 0 amide bonds. The van der Waals surface area contributed by atoms with Crippen LogP contribution in [0, 0.1) is 0 Å². The second-order valence-electron chi connectivity index (χ2n) is 4.18. The van der Waals surface area contributed by atoms with Gasteiger partial charge in [-0.05, 0) is 35.4 Å². The lowest BCUT2D eigenvalue weighted by Gasteiger charge is -2.08. The predicted molar refractivity (Wildman–Crippen MR) is 81.7 cm³/mol. The first kappa shape index (κ1) is 14.0. The molecular formula is C15H13BrO2S. The van der Waals surface area contributed by atoms with Crippen LogP contribution in [0.15, 0.2) is 70.5 Å². The minimum atomic E-state index is -3.33. The number of rotatable bonds is 4. The number of hydrogen-bond donors (Lipinski definition) is 0.